The predicted octanol–water partition coefficient (Wildman–Crippen LogP) is 4.08. The summed E-state index contributed by atoms with van der Waals surface area (Å²) in [6, 6.07) is 12.3. The summed E-state index contributed by atoms with van der Waals surface area (Å²) in [5.74, 6) is -0.364. The number of urea groups is 1. The Morgan fingerprint density at radius 3 is 2.61 bits per heavy atom. The Kier molecular flexibility index (Phi) is 6.15. The number of thiophene rings is 1. The molecule has 36 heavy (non-hydrogen) atoms. The summed E-state index contributed by atoms with van der Waals surface area (Å²) < 4.78 is 0. The SMILES string of the molecule is CC(C)c1ccc(NC(=O)Nc2sc3c(c2C(N)=O)CCN(C(=O)c2ccc4[nH]nnc4c2)C3)cc1. The molecule has 184 valence electrons. The van der Waals surface area contributed by atoms with Crippen LogP contribution in [0.2, 0.25) is 0 Å². The lowest BCUT2D eigenvalue weighted by molar-refractivity contribution is 0.0737. The van der Waals surface area contributed by atoms with E-state index in [0.29, 0.717) is 52.8 Å². The van der Waals surface area contributed by atoms with Gasteiger partial charge in [-0.3, -0.25) is 20.0 Å². The molecule has 10 nitrogen and oxygen atoms in total. The van der Waals surface area contributed by atoms with Crippen molar-refractivity contribution in [3.05, 3.63) is 69.6 Å². The number of aromatic nitrogens is 3. The zero-order valence-corrected chi connectivity index (χ0v) is 20.6. The van der Waals surface area contributed by atoms with Gasteiger partial charge in [0.2, 0.25) is 0 Å². The molecule has 4 amide bonds. The normalized spacial score (nSPS) is 13.0. The second-order valence-electron chi connectivity index (χ2n) is 8.95. The highest BCUT2D eigenvalue weighted by atomic mass is 32.1. The average molecular weight is 504 g/mol. The van der Waals surface area contributed by atoms with Crippen molar-refractivity contribution in [3.8, 4) is 0 Å². The molecular formula is C25H25N7O3S. The summed E-state index contributed by atoms with van der Waals surface area (Å²) in [7, 11) is 0. The van der Waals surface area contributed by atoms with Gasteiger partial charge in [-0.25, -0.2) is 4.79 Å². The third-order valence-electron chi connectivity index (χ3n) is 6.23. The number of nitrogens with zero attached hydrogens (tertiary/aromatic N) is 3. The van der Waals surface area contributed by atoms with Crippen LogP contribution in [0.4, 0.5) is 15.5 Å². The number of rotatable bonds is 5. The molecule has 0 bridgehead atoms. The molecule has 5 N–H and O–H groups in total. The van der Waals surface area contributed by atoms with Crippen molar-refractivity contribution in [2.45, 2.75) is 32.7 Å². The number of aromatic amines is 1. The van der Waals surface area contributed by atoms with Crippen LogP contribution < -0.4 is 16.4 Å². The molecule has 0 saturated carbocycles. The maximum atomic E-state index is 13.1. The van der Waals surface area contributed by atoms with E-state index >= 15 is 0 Å². The zero-order chi connectivity index (χ0) is 25.4. The average Bonchev–Trinajstić information content (AvgIpc) is 3.46. The van der Waals surface area contributed by atoms with E-state index in [2.05, 4.69) is 39.9 Å². The Balaban J connectivity index is 1.33. The zero-order valence-electron chi connectivity index (χ0n) is 19.8. The van der Waals surface area contributed by atoms with E-state index in [9.17, 15) is 14.4 Å². The maximum Gasteiger partial charge on any atom is 0.324 e. The number of anilines is 2. The van der Waals surface area contributed by atoms with E-state index < -0.39 is 11.9 Å². The lowest BCUT2D eigenvalue weighted by Crippen LogP contribution is -2.36. The molecule has 0 atom stereocenters. The topological polar surface area (TPSA) is 146 Å². The molecule has 0 radical (unpaired) electrons. The van der Waals surface area contributed by atoms with Crippen molar-refractivity contribution in [1.29, 1.82) is 0 Å². The van der Waals surface area contributed by atoms with E-state index in [0.717, 1.165) is 16.0 Å². The molecule has 4 aromatic rings. The van der Waals surface area contributed by atoms with Gasteiger partial charge in [0.1, 0.15) is 10.5 Å². The summed E-state index contributed by atoms with van der Waals surface area (Å²) in [5.41, 5.74) is 10.4. The number of nitrogens with one attached hydrogen (secondary N) is 3. The number of benzene rings is 2. The highest BCUT2D eigenvalue weighted by Gasteiger charge is 2.30. The fourth-order valence-corrected chi connectivity index (χ4v) is 5.56. The maximum absolute atomic E-state index is 13.1. The molecule has 2 aromatic heterocycles. The molecule has 1 aliphatic heterocycles. The Bertz CT molecular complexity index is 1470. The van der Waals surface area contributed by atoms with Gasteiger partial charge < -0.3 is 16.0 Å². The number of hydrogen-bond donors (Lipinski definition) is 4. The minimum atomic E-state index is -0.611. The monoisotopic (exact) mass is 503 g/mol. The molecule has 1 aliphatic rings. The van der Waals surface area contributed by atoms with E-state index in [1.165, 1.54) is 16.9 Å². The van der Waals surface area contributed by atoms with Crippen molar-refractivity contribution >= 4 is 50.9 Å². The van der Waals surface area contributed by atoms with Crippen molar-refractivity contribution in [1.82, 2.24) is 20.3 Å². The first-order valence-corrected chi connectivity index (χ1v) is 12.3. The minimum Gasteiger partial charge on any atom is -0.365 e. The quantitative estimate of drug-likeness (QED) is 0.324. The van der Waals surface area contributed by atoms with Crippen molar-refractivity contribution in [3.63, 3.8) is 0 Å². The van der Waals surface area contributed by atoms with Gasteiger partial charge in [0.15, 0.2) is 0 Å². The molecule has 0 fully saturated rings. The molecule has 0 spiro atoms. The third kappa shape index (κ3) is 4.52. The standard InChI is InChI=1S/C25H25N7O3S/c1-13(2)14-3-6-16(7-4-14)27-25(35)28-23-21(22(26)33)17-9-10-32(12-20(17)36-23)24(34)15-5-8-18-19(11-15)30-31-29-18/h3-8,11,13H,9-10,12H2,1-2H3,(H2,26,33)(H2,27,28,35)(H,29,30,31). The number of amides is 4. The van der Waals surface area contributed by atoms with Crippen molar-refractivity contribution in [2.24, 2.45) is 5.73 Å². The number of hydrogen-bond acceptors (Lipinski definition) is 6. The second-order valence-corrected chi connectivity index (χ2v) is 10.1. The van der Waals surface area contributed by atoms with Gasteiger partial charge in [0.25, 0.3) is 11.8 Å². The van der Waals surface area contributed by atoms with Gasteiger partial charge in [0, 0.05) is 22.7 Å². The number of carbonyl (C=O) groups is 3. The lowest BCUT2D eigenvalue weighted by atomic mass is 10.0. The summed E-state index contributed by atoms with van der Waals surface area (Å²) in [6.45, 7) is 4.94. The van der Waals surface area contributed by atoms with Gasteiger partial charge >= 0.3 is 6.03 Å². The van der Waals surface area contributed by atoms with Gasteiger partial charge in [-0.15, -0.1) is 16.4 Å². The van der Waals surface area contributed by atoms with Gasteiger partial charge in [-0.2, -0.15) is 0 Å². The Hall–Kier alpha value is -4.25. The molecule has 0 unspecified atom stereocenters. The first kappa shape index (κ1) is 23.5. The summed E-state index contributed by atoms with van der Waals surface area (Å²) in [4.78, 5) is 40.7. The van der Waals surface area contributed by atoms with Crippen LogP contribution in [-0.2, 0) is 13.0 Å². The van der Waals surface area contributed by atoms with Crippen LogP contribution in [0.1, 0.15) is 56.5 Å². The molecular weight excluding hydrogens is 478 g/mol. The van der Waals surface area contributed by atoms with E-state index in [1.54, 1.807) is 23.1 Å². The lowest BCUT2D eigenvalue weighted by Gasteiger charge is -2.27. The molecule has 0 aliphatic carbocycles. The highest BCUT2D eigenvalue weighted by Crippen LogP contribution is 2.37. The van der Waals surface area contributed by atoms with Gasteiger partial charge in [-0.05, 0) is 53.8 Å². The second kappa shape index (κ2) is 9.42. The summed E-state index contributed by atoms with van der Waals surface area (Å²) in [5, 5.41) is 16.4. The fraction of sp³-hybridized carbons (Fsp3) is 0.240. The van der Waals surface area contributed by atoms with Crippen molar-refractivity contribution in [2.75, 3.05) is 17.2 Å². The molecule has 0 saturated heterocycles. The number of primary amides is 1. The number of fused-ring (bicyclic) bond motifs is 2. The first-order chi connectivity index (χ1) is 17.3. The van der Waals surface area contributed by atoms with Crippen molar-refractivity contribution < 1.29 is 14.4 Å². The fourth-order valence-electron chi connectivity index (χ4n) is 4.30. The predicted molar refractivity (Wildman–Crippen MR) is 138 cm³/mol. The number of nitrogens with two attached hydrogens (primary N) is 1. The smallest absolute Gasteiger partial charge is 0.324 e. The van der Waals surface area contributed by atoms with Crippen LogP contribution in [-0.4, -0.2) is 44.7 Å². The van der Waals surface area contributed by atoms with Crippen LogP contribution in [0.5, 0.6) is 0 Å². The van der Waals surface area contributed by atoms with Gasteiger partial charge in [0.05, 0.1) is 17.6 Å². The van der Waals surface area contributed by atoms with Crippen LogP contribution in [0.3, 0.4) is 0 Å². The van der Waals surface area contributed by atoms with E-state index in [4.69, 9.17) is 5.73 Å². The van der Waals surface area contributed by atoms with E-state index in [-0.39, 0.29) is 5.91 Å². The largest absolute Gasteiger partial charge is 0.365 e. The molecule has 3 heterocycles. The highest BCUT2D eigenvalue weighted by molar-refractivity contribution is 7.17. The van der Waals surface area contributed by atoms with Crippen LogP contribution >= 0.6 is 11.3 Å². The molecule has 2 aromatic carbocycles. The van der Waals surface area contributed by atoms with Crippen LogP contribution in [0.25, 0.3) is 11.0 Å². The molecule has 5 rings (SSSR count). The third-order valence-corrected chi connectivity index (χ3v) is 7.36. The van der Waals surface area contributed by atoms with Crippen LogP contribution in [0, 0.1) is 0 Å². The first-order valence-electron chi connectivity index (χ1n) is 11.5. The Morgan fingerprint density at radius 1 is 1.11 bits per heavy atom. The number of H-pyrrole nitrogens is 1. The Labute approximate surface area is 210 Å². The van der Waals surface area contributed by atoms with Gasteiger partial charge in [-0.1, -0.05) is 31.2 Å². The number of carbonyl (C=O) groups excluding carboxylic acids is 3. The minimum absolute atomic E-state index is 0.142. The molecule has 11 heteroatoms. The summed E-state index contributed by atoms with van der Waals surface area (Å²) >= 11 is 1.26. The van der Waals surface area contributed by atoms with Crippen LogP contribution in [0.15, 0.2) is 42.5 Å². The Morgan fingerprint density at radius 2 is 1.89 bits per heavy atom. The van der Waals surface area contributed by atoms with E-state index in [1.807, 2.05) is 24.3 Å². The summed E-state index contributed by atoms with van der Waals surface area (Å²) in [6.07, 6.45) is 0.460.